The van der Waals surface area contributed by atoms with Crippen LogP contribution in [0.4, 0.5) is 0 Å². The quantitative estimate of drug-likeness (QED) is 0.775. The highest BCUT2D eigenvalue weighted by Crippen LogP contribution is 2.33. The largest absolute Gasteiger partial charge is 0.316 e. The standard InChI is InChI=1S/C16H26N2O2S/c1-4-15-8-7-14(11-17-3)10-16(15)21(19,20)18-12(2)9-13-5-6-13/h7-8,10,12-13,17-18H,4-6,9,11H2,1-3H3. The Morgan fingerprint density at radius 3 is 2.62 bits per heavy atom. The average Bonchev–Trinajstić information content (AvgIpc) is 3.22. The van der Waals surface area contributed by atoms with E-state index in [1.54, 1.807) is 6.07 Å². The first-order chi connectivity index (χ1) is 9.96. The highest BCUT2D eigenvalue weighted by Gasteiger charge is 2.27. The molecule has 1 aliphatic carbocycles. The van der Waals surface area contributed by atoms with Crippen LogP contribution in [-0.4, -0.2) is 21.5 Å². The van der Waals surface area contributed by atoms with Crippen LogP contribution in [0.15, 0.2) is 23.1 Å². The Morgan fingerprint density at radius 2 is 2.05 bits per heavy atom. The summed E-state index contributed by atoms with van der Waals surface area (Å²) in [5, 5.41) is 3.06. The van der Waals surface area contributed by atoms with Gasteiger partial charge in [-0.15, -0.1) is 0 Å². The molecule has 1 unspecified atom stereocenters. The van der Waals surface area contributed by atoms with E-state index in [0.717, 1.165) is 17.5 Å². The third-order valence-corrected chi connectivity index (χ3v) is 5.59. The Bertz CT molecular complexity index is 580. The molecule has 1 saturated carbocycles. The van der Waals surface area contributed by atoms with Gasteiger partial charge >= 0.3 is 0 Å². The fraction of sp³-hybridized carbons (Fsp3) is 0.625. The Labute approximate surface area is 128 Å². The molecule has 0 heterocycles. The molecule has 1 fully saturated rings. The van der Waals surface area contributed by atoms with E-state index in [4.69, 9.17) is 0 Å². The van der Waals surface area contributed by atoms with Gasteiger partial charge in [0.25, 0.3) is 0 Å². The average molecular weight is 310 g/mol. The van der Waals surface area contributed by atoms with Crippen LogP contribution < -0.4 is 10.0 Å². The van der Waals surface area contributed by atoms with E-state index in [-0.39, 0.29) is 6.04 Å². The molecule has 0 radical (unpaired) electrons. The van der Waals surface area contributed by atoms with Gasteiger partial charge in [0.2, 0.25) is 10.0 Å². The van der Waals surface area contributed by atoms with Crippen molar-refractivity contribution in [2.24, 2.45) is 5.92 Å². The van der Waals surface area contributed by atoms with Crippen LogP contribution in [0, 0.1) is 5.92 Å². The van der Waals surface area contributed by atoms with Crippen molar-refractivity contribution < 1.29 is 8.42 Å². The molecule has 4 nitrogen and oxygen atoms in total. The molecule has 0 aliphatic heterocycles. The Kier molecular flexibility index (Phi) is 5.41. The molecule has 1 aromatic carbocycles. The second-order valence-corrected chi connectivity index (χ2v) is 7.71. The van der Waals surface area contributed by atoms with Crippen LogP contribution >= 0.6 is 0 Å². The summed E-state index contributed by atoms with van der Waals surface area (Å²) in [4.78, 5) is 0.431. The summed E-state index contributed by atoms with van der Waals surface area (Å²) >= 11 is 0. The molecule has 0 spiro atoms. The maximum Gasteiger partial charge on any atom is 0.241 e. The maximum absolute atomic E-state index is 12.6. The number of rotatable bonds is 8. The molecule has 0 saturated heterocycles. The molecular formula is C16H26N2O2S. The SMILES string of the molecule is CCc1ccc(CNC)cc1S(=O)(=O)NC(C)CC1CC1. The summed E-state index contributed by atoms with van der Waals surface area (Å²) in [5.41, 5.74) is 1.87. The Balaban J connectivity index is 2.21. The van der Waals surface area contributed by atoms with Crippen molar-refractivity contribution in [3.63, 3.8) is 0 Å². The van der Waals surface area contributed by atoms with E-state index in [1.165, 1.54) is 12.8 Å². The number of sulfonamides is 1. The molecular weight excluding hydrogens is 284 g/mol. The molecule has 1 atom stereocenters. The van der Waals surface area contributed by atoms with Crippen molar-refractivity contribution in [2.75, 3.05) is 7.05 Å². The van der Waals surface area contributed by atoms with E-state index in [1.807, 2.05) is 33.0 Å². The predicted molar refractivity (Wildman–Crippen MR) is 85.7 cm³/mol. The monoisotopic (exact) mass is 310 g/mol. The lowest BCUT2D eigenvalue weighted by Crippen LogP contribution is -2.33. The normalized spacial score (nSPS) is 16.9. The van der Waals surface area contributed by atoms with Gasteiger partial charge in [-0.05, 0) is 49.9 Å². The minimum absolute atomic E-state index is 0.000150. The fourth-order valence-corrected chi connectivity index (χ4v) is 4.30. The lowest BCUT2D eigenvalue weighted by atomic mass is 10.1. The number of nitrogens with one attached hydrogen (secondary N) is 2. The van der Waals surface area contributed by atoms with Crippen LogP contribution in [-0.2, 0) is 23.0 Å². The molecule has 5 heteroatoms. The zero-order chi connectivity index (χ0) is 15.5. The van der Waals surface area contributed by atoms with Gasteiger partial charge in [-0.2, -0.15) is 0 Å². The predicted octanol–water partition coefficient (Wildman–Crippen LogP) is 2.44. The summed E-state index contributed by atoms with van der Waals surface area (Å²) in [6.07, 6.45) is 4.14. The number of hydrogen-bond acceptors (Lipinski definition) is 3. The Morgan fingerprint density at radius 1 is 1.33 bits per heavy atom. The third-order valence-electron chi connectivity index (χ3n) is 3.92. The van der Waals surface area contributed by atoms with Crippen molar-refractivity contribution in [3.05, 3.63) is 29.3 Å². The lowest BCUT2D eigenvalue weighted by Gasteiger charge is -2.16. The summed E-state index contributed by atoms with van der Waals surface area (Å²) < 4.78 is 28.1. The van der Waals surface area contributed by atoms with E-state index in [2.05, 4.69) is 10.0 Å². The van der Waals surface area contributed by atoms with Crippen molar-refractivity contribution in [3.8, 4) is 0 Å². The van der Waals surface area contributed by atoms with Crippen molar-refractivity contribution >= 4 is 10.0 Å². The van der Waals surface area contributed by atoms with Gasteiger partial charge in [0.15, 0.2) is 0 Å². The van der Waals surface area contributed by atoms with Gasteiger partial charge in [0.05, 0.1) is 4.90 Å². The van der Waals surface area contributed by atoms with Crippen LogP contribution in [0.25, 0.3) is 0 Å². The zero-order valence-electron chi connectivity index (χ0n) is 13.1. The molecule has 2 rings (SSSR count). The third kappa shape index (κ3) is 4.53. The summed E-state index contributed by atoms with van der Waals surface area (Å²) in [7, 11) is -1.58. The number of benzene rings is 1. The van der Waals surface area contributed by atoms with E-state index >= 15 is 0 Å². The van der Waals surface area contributed by atoms with Crippen molar-refractivity contribution in [1.82, 2.24) is 10.0 Å². The van der Waals surface area contributed by atoms with Crippen LogP contribution in [0.1, 0.15) is 44.2 Å². The highest BCUT2D eigenvalue weighted by molar-refractivity contribution is 7.89. The first-order valence-electron chi connectivity index (χ1n) is 7.75. The van der Waals surface area contributed by atoms with Gasteiger partial charge in [0, 0.05) is 12.6 Å². The van der Waals surface area contributed by atoms with Gasteiger partial charge in [-0.1, -0.05) is 31.9 Å². The highest BCUT2D eigenvalue weighted by atomic mass is 32.2. The Hall–Kier alpha value is -0.910. The maximum atomic E-state index is 12.6. The molecule has 21 heavy (non-hydrogen) atoms. The molecule has 118 valence electrons. The molecule has 0 amide bonds. The smallest absolute Gasteiger partial charge is 0.241 e. The molecule has 0 aromatic heterocycles. The number of aryl methyl sites for hydroxylation is 1. The fourth-order valence-electron chi connectivity index (χ4n) is 2.69. The number of hydrogen-bond donors (Lipinski definition) is 2. The zero-order valence-corrected chi connectivity index (χ0v) is 14.0. The van der Waals surface area contributed by atoms with E-state index in [9.17, 15) is 8.42 Å². The van der Waals surface area contributed by atoms with E-state index < -0.39 is 10.0 Å². The second-order valence-electron chi connectivity index (χ2n) is 6.03. The lowest BCUT2D eigenvalue weighted by molar-refractivity contribution is 0.529. The first kappa shape index (κ1) is 16.5. The van der Waals surface area contributed by atoms with Crippen molar-refractivity contribution in [2.45, 2.75) is 57.0 Å². The van der Waals surface area contributed by atoms with Crippen LogP contribution in [0.3, 0.4) is 0 Å². The summed E-state index contributed by atoms with van der Waals surface area (Å²) in [5.74, 6) is 0.712. The van der Waals surface area contributed by atoms with Crippen molar-refractivity contribution in [1.29, 1.82) is 0 Å². The first-order valence-corrected chi connectivity index (χ1v) is 9.23. The van der Waals surface area contributed by atoms with Gasteiger partial charge < -0.3 is 5.32 Å². The molecule has 2 N–H and O–H groups in total. The van der Waals surface area contributed by atoms with Gasteiger partial charge in [-0.3, -0.25) is 0 Å². The van der Waals surface area contributed by atoms with E-state index in [0.29, 0.717) is 23.8 Å². The van der Waals surface area contributed by atoms with Gasteiger partial charge in [0.1, 0.15) is 0 Å². The molecule has 1 aromatic rings. The molecule has 1 aliphatic rings. The minimum Gasteiger partial charge on any atom is -0.316 e. The second kappa shape index (κ2) is 6.90. The summed E-state index contributed by atoms with van der Waals surface area (Å²) in [6, 6.07) is 5.70. The summed E-state index contributed by atoms with van der Waals surface area (Å²) in [6.45, 7) is 4.61. The van der Waals surface area contributed by atoms with Crippen LogP contribution in [0.2, 0.25) is 0 Å². The minimum atomic E-state index is -3.44. The topological polar surface area (TPSA) is 58.2 Å². The van der Waals surface area contributed by atoms with Gasteiger partial charge in [-0.25, -0.2) is 13.1 Å². The van der Waals surface area contributed by atoms with Crippen LogP contribution in [0.5, 0.6) is 0 Å². The molecule has 0 bridgehead atoms.